The summed E-state index contributed by atoms with van der Waals surface area (Å²) in [6, 6.07) is 4.26. The molecule has 2 N–H and O–H groups in total. The number of carbonyl (C=O) groups is 3. The molecule has 1 aromatic rings. The van der Waals surface area contributed by atoms with Crippen LogP contribution in [0.4, 0.5) is 0 Å². The Morgan fingerprint density at radius 1 is 1.27 bits per heavy atom. The minimum absolute atomic E-state index is 0.0953. The first-order valence-corrected chi connectivity index (χ1v) is 13.2. The van der Waals surface area contributed by atoms with E-state index in [2.05, 4.69) is 21.8 Å². The molecule has 0 bridgehead atoms. The summed E-state index contributed by atoms with van der Waals surface area (Å²) in [5, 5.41) is 3.80. The van der Waals surface area contributed by atoms with E-state index >= 15 is 0 Å². The van der Waals surface area contributed by atoms with Gasteiger partial charge in [0.05, 0.1) is 18.1 Å². The number of azide groups is 1. The normalized spacial score (nSPS) is 25.6. The maximum absolute atomic E-state index is 14.2. The van der Waals surface area contributed by atoms with E-state index in [4.69, 9.17) is 16.0 Å². The number of piperidine rings is 1. The van der Waals surface area contributed by atoms with Crippen molar-refractivity contribution in [1.82, 2.24) is 9.80 Å². The number of ketones is 1. The van der Waals surface area contributed by atoms with Gasteiger partial charge in [-0.25, -0.2) is 0 Å². The number of carbonyl (C=O) groups excluding carboxylic acids is 3. The number of hydrogen-bond acceptors (Lipinski definition) is 6. The van der Waals surface area contributed by atoms with E-state index in [0.717, 1.165) is 44.5 Å². The fourth-order valence-electron chi connectivity index (χ4n) is 6.27. The summed E-state index contributed by atoms with van der Waals surface area (Å²) in [6.45, 7) is 11.1. The maximum atomic E-state index is 14.2. The first-order chi connectivity index (χ1) is 17.6. The summed E-state index contributed by atoms with van der Waals surface area (Å²) in [5.41, 5.74) is 16.2. The van der Waals surface area contributed by atoms with Crippen molar-refractivity contribution in [3.8, 4) is 0 Å². The van der Waals surface area contributed by atoms with Crippen LogP contribution in [0.1, 0.15) is 80.3 Å². The van der Waals surface area contributed by atoms with Crippen LogP contribution in [-0.2, 0) is 14.3 Å². The van der Waals surface area contributed by atoms with Crippen molar-refractivity contribution < 1.29 is 19.1 Å². The van der Waals surface area contributed by atoms with E-state index in [1.165, 1.54) is 4.90 Å². The van der Waals surface area contributed by atoms with Gasteiger partial charge in [-0.1, -0.05) is 44.9 Å². The fraction of sp³-hybridized carbons (Fsp3) is 0.667. The van der Waals surface area contributed by atoms with Crippen LogP contribution in [-0.4, -0.2) is 78.4 Å². The summed E-state index contributed by atoms with van der Waals surface area (Å²) in [4.78, 5) is 46.3. The molecule has 0 saturated carbocycles. The maximum Gasteiger partial charge on any atom is 0.249 e. The molecular formula is C27H38N6O4. The molecule has 37 heavy (non-hydrogen) atoms. The molecule has 0 aliphatic carbocycles. The van der Waals surface area contributed by atoms with E-state index in [9.17, 15) is 14.4 Å². The van der Waals surface area contributed by atoms with Gasteiger partial charge in [0.15, 0.2) is 5.78 Å². The van der Waals surface area contributed by atoms with Gasteiger partial charge in [0.25, 0.3) is 0 Å². The number of rotatable bonds is 7. The minimum Gasteiger partial charge on any atom is -0.367 e. The number of fused-ring (bicyclic) bond motifs is 1. The van der Waals surface area contributed by atoms with Gasteiger partial charge in [0.2, 0.25) is 11.8 Å². The predicted molar refractivity (Wildman–Crippen MR) is 139 cm³/mol. The first-order valence-electron chi connectivity index (χ1n) is 13.2. The Morgan fingerprint density at radius 2 is 1.97 bits per heavy atom. The van der Waals surface area contributed by atoms with Crippen LogP contribution < -0.4 is 5.73 Å². The summed E-state index contributed by atoms with van der Waals surface area (Å²) >= 11 is 0. The van der Waals surface area contributed by atoms with Gasteiger partial charge in [-0.15, -0.1) is 0 Å². The zero-order chi connectivity index (χ0) is 26.9. The number of ether oxygens (including phenoxy) is 1. The average molecular weight is 511 g/mol. The molecule has 200 valence electrons. The Balaban J connectivity index is 1.71. The van der Waals surface area contributed by atoms with Crippen LogP contribution in [0.5, 0.6) is 0 Å². The van der Waals surface area contributed by atoms with Crippen molar-refractivity contribution in [1.29, 1.82) is 0 Å². The molecule has 3 aliphatic rings. The van der Waals surface area contributed by atoms with Crippen LogP contribution in [0.25, 0.3) is 10.4 Å². The fourth-order valence-corrected chi connectivity index (χ4v) is 6.27. The molecule has 3 aliphatic heterocycles. The third-order valence-corrected chi connectivity index (χ3v) is 8.00. The lowest BCUT2D eigenvalue weighted by molar-refractivity contribution is -0.139. The Morgan fingerprint density at radius 3 is 2.57 bits per heavy atom. The first kappa shape index (κ1) is 27.1. The molecule has 0 radical (unpaired) electrons. The number of nitrogens with zero attached hydrogens (tertiary/aromatic N) is 5. The number of Topliss-reactive ketones (excluding diaryl/α,β-unsaturated/α-hetero) is 1. The van der Waals surface area contributed by atoms with E-state index in [-0.39, 0.29) is 24.8 Å². The van der Waals surface area contributed by atoms with Gasteiger partial charge in [-0.3, -0.25) is 14.4 Å². The molecule has 10 nitrogen and oxygen atoms in total. The second-order valence-corrected chi connectivity index (χ2v) is 11.6. The SMILES string of the molecule is CCCN1CCC(c2ccc(C(N)=O)c([C@@H](C(=O)N3C[C@H](N=[N+]=[N-])[C@H]4OCC(=O)[C@H]43)C(C)(C)C)c2)CC1. The number of primary amides is 1. The van der Waals surface area contributed by atoms with Gasteiger partial charge in [-0.05, 0) is 73.0 Å². The summed E-state index contributed by atoms with van der Waals surface area (Å²) < 4.78 is 5.61. The lowest BCUT2D eigenvalue weighted by Crippen LogP contribution is -2.47. The third-order valence-electron chi connectivity index (χ3n) is 8.00. The number of hydrogen-bond donors (Lipinski definition) is 1. The minimum atomic E-state index is -0.795. The molecule has 3 fully saturated rings. The smallest absolute Gasteiger partial charge is 0.249 e. The van der Waals surface area contributed by atoms with Gasteiger partial charge in [0.1, 0.15) is 12.6 Å². The zero-order valence-electron chi connectivity index (χ0n) is 22.2. The molecule has 2 amide bonds. The highest BCUT2D eigenvalue weighted by atomic mass is 16.5. The largest absolute Gasteiger partial charge is 0.367 e. The van der Waals surface area contributed by atoms with Crippen molar-refractivity contribution in [2.24, 2.45) is 16.3 Å². The monoisotopic (exact) mass is 510 g/mol. The molecule has 0 unspecified atom stereocenters. The molecule has 1 aromatic carbocycles. The Labute approximate surface area is 218 Å². The highest BCUT2D eigenvalue weighted by molar-refractivity contribution is 5.99. The lowest BCUT2D eigenvalue weighted by Gasteiger charge is -2.36. The standard InChI is InChI=1S/C27H38N6O4/c1-5-10-32-11-8-16(9-12-32)17-6-7-18(25(28)35)19(13-17)22(27(2,3)4)26(36)33-14-20(30-31-29)24-23(33)21(34)15-37-24/h6-7,13,16,20,22-24H,5,8-12,14-15H2,1-4H3,(H2,28,35)/t20-,22-,23+,24+/m0/s1. The van der Waals surface area contributed by atoms with Crippen LogP contribution in [0.2, 0.25) is 0 Å². The van der Waals surface area contributed by atoms with E-state index in [1.54, 1.807) is 6.07 Å². The number of amides is 2. The molecular weight excluding hydrogens is 472 g/mol. The molecule has 10 heteroatoms. The van der Waals surface area contributed by atoms with Crippen molar-refractivity contribution in [3.05, 3.63) is 45.3 Å². The predicted octanol–water partition coefficient (Wildman–Crippen LogP) is 3.36. The Kier molecular flexibility index (Phi) is 7.92. The molecule has 0 spiro atoms. The molecule has 4 atom stereocenters. The van der Waals surface area contributed by atoms with E-state index in [0.29, 0.717) is 17.0 Å². The van der Waals surface area contributed by atoms with Crippen LogP contribution in [0.3, 0.4) is 0 Å². The quantitative estimate of drug-likeness (QED) is 0.340. The molecule has 0 aromatic heterocycles. The number of nitrogens with two attached hydrogens (primary N) is 1. The molecule has 3 heterocycles. The molecule has 4 rings (SSSR count). The average Bonchev–Trinajstić information content (AvgIpc) is 3.40. The summed E-state index contributed by atoms with van der Waals surface area (Å²) in [5.74, 6) is -1.47. The van der Waals surface area contributed by atoms with Crippen molar-refractivity contribution >= 4 is 17.6 Å². The summed E-state index contributed by atoms with van der Waals surface area (Å²) in [6.07, 6.45) is 2.50. The summed E-state index contributed by atoms with van der Waals surface area (Å²) in [7, 11) is 0. The highest BCUT2D eigenvalue weighted by Gasteiger charge is 2.54. The van der Waals surface area contributed by atoms with Crippen molar-refractivity contribution in [3.63, 3.8) is 0 Å². The second kappa shape index (κ2) is 10.8. The van der Waals surface area contributed by atoms with Gasteiger partial charge in [-0.2, -0.15) is 0 Å². The Hall–Kier alpha value is -2.94. The third kappa shape index (κ3) is 5.37. The van der Waals surface area contributed by atoms with Crippen LogP contribution in [0.15, 0.2) is 23.3 Å². The van der Waals surface area contributed by atoms with Crippen LogP contribution >= 0.6 is 0 Å². The number of likely N-dealkylation sites (tertiary alicyclic amines) is 2. The topological polar surface area (TPSA) is 142 Å². The Bertz CT molecular complexity index is 1100. The van der Waals surface area contributed by atoms with Crippen LogP contribution in [0, 0.1) is 5.41 Å². The lowest BCUT2D eigenvalue weighted by atomic mass is 9.72. The van der Waals surface area contributed by atoms with Gasteiger partial charge >= 0.3 is 0 Å². The second-order valence-electron chi connectivity index (χ2n) is 11.6. The zero-order valence-corrected chi connectivity index (χ0v) is 22.2. The molecule has 3 saturated heterocycles. The van der Waals surface area contributed by atoms with Gasteiger partial charge < -0.3 is 20.3 Å². The van der Waals surface area contributed by atoms with E-state index in [1.807, 2.05) is 32.9 Å². The van der Waals surface area contributed by atoms with E-state index < -0.39 is 35.4 Å². The van der Waals surface area contributed by atoms with Crippen molar-refractivity contribution in [2.45, 2.75) is 77.0 Å². The highest BCUT2D eigenvalue weighted by Crippen LogP contribution is 2.42. The van der Waals surface area contributed by atoms with Gasteiger partial charge in [0, 0.05) is 17.0 Å². The number of benzene rings is 1. The van der Waals surface area contributed by atoms with Crippen molar-refractivity contribution in [2.75, 3.05) is 32.8 Å².